The molecule has 2 N–H and O–H groups in total. The van der Waals surface area contributed by atoms with Crippen LogP contribution in [-0.4, -0.2) is 11.9 Å². The number of fused-ring (bicyclic) bond motifs is 2. The zero-order chi connectivity index (χ0) is 12.9. The summed E-state index contributed by atoms with van der Waals surface area (Å²) in [5.74, 6) is -1.58. The van der Waals surface area contributed by atoms with E-state index in [4.69, 9.17) is 0 Å². The van der Waals surface area contributed by atoms with Gasteiger partial charge in [0.1, 0.15) is 11.5 Å². The first-order valence-electron chi connectivity index (χ1n) is 6.08. The molecule has 2 atom stereocenters. The molecule has 1 heterocycles. The van der Waals surface area contributed by atoms with Crippen LogP contribution in [0.15, 0.2) is 12.1 Å². The molecule has 1 amide bonds. The molecule has 3 rings (SSSR count). The number of rotatable bonds is 0. The van der Waals surface area contributed by atoms with Crippen LogP contribution in [0.5, 0.6) is 0 Å². The Balaban J connectivity index is 2.11. The monoisotopic (exact) mass is 252 g/mol. The summed E-state index contributed by atoms with van der Waals surface area (Å²) in [5.41, 5.74) is -0.171. The molecule has 0 aromatic heterocycles. The van der Waals surface area contributed by atoms with Gasteiger partial charge >= 0.3 is 0 Å². The third-order valence-corrected chi connectivity index (χ3v) is 4.10. The number of hydrogen-bond donors (Lipinski definition) is 2. The minimum atomic E-state index is -0.741. The number of benzene rings is 1. The Hall–Kier alpha value is -1.65. The van der Waals surface area contributed by atoms with Crippen LogP contribution < -0.4 is 10.6 Å². The fourth-order valence-corrected chi connectivity index (χ4v) is 2.93. The van der Waals surface area contributed by atoms with Crippen molar-refractivity contribution in [3.05, 3.63) is 23.8 Å². The van der Waals surface area contributed by atoms with Gasteiger partial charge in [-0.2, -0.15) is 0 Å². The lowest BCUT2D eigenvalue weighted by atomic mass is 9.84. The van der Waals surface area contributed by atoms with E-state index >= 15 is 0 Å². The molecule has 0 spiro atoms. The van der Waals surface area contributed by atoms with E-state index in [1.165, 1.54) is 6.07 Å². The predicted molar refractivity (Wildman–Crippen MR) is 64.4 cm³/mol. The van der Waals surface area contributed by atoms with Crippen molar-refractivity contribution in [2.45, 2.75) is 32.2 Å². The Morgan fingerprint density at radius 1 is 1.39 bits per heavy atom. The molecule has 18 heavy (non-hydrogen) atoms. The van der Waals surface area contributed by atoms with Crippen molar-refractivity contribution in [2.24, 2.45) is 5.41 Å². The van der Waals surface area contributed by atoms with E-state index in [1.807, 2.05) is 6.92 Å². The third-order valence-electron chi connectivity index (χ3n) is 4.10. The normalized spacial score (nSPS) is 29.9. The first-order chi connectivity index (χ1) is 8.50. The highest BCUT2D eigenvalue weighted by Gasteiger charge is 2.47. The summed E-state index contributed by atoms with van der Waals surface area (Å²) in [5, 5.41) is 5.70. The van der Waals surface area contributed by atoms with Gasteiger partial charge in [-0.15, -0.1) is 0 Å². The molecule has 0 saturated heterocycles. The van der Waals surface area contributed by atoms with Gasteiger partial charge in [0, 0.05) is 12.1 Å². The lowest BCUT2D eigenvalue weighted by Crippen LogP contribution is -2.41. The van der Waals surface area contributed by atoms with Gasteiger partial charge in [0.15, 0.2) is 5.82 Å². The second-order valence-corrected chi connectivity index (χ2v) is 5.27. The van der Waals surface area contributed by atoms with Crippen molar-refractivity contribution in [3.8, 4) is 0 Å². The van der Waals surface area contributed by atoms with Crippen LogP contribution in [0.25, 0.3) is 0 Å². The molecule has 3 nitrogen and oxygen atoms in total. The molecule has 1 aliphatic carbocycles. The fraction of sp³-hybridized carbons (Fsp3) is 0.462. The molecule has 1 aromatic carbocycles. The van der Waals surface area contributed by atoms with Crippen molar-refractivity contribution < 1.29 is 13.6 Å². The molecule has 0 bridgehead atoms. The number of amides is 1. The number of carbonyl (C=O) groups is 1. The Labute approximate surface area is 104 Å². The van der Waals surface area contributed by atoms with Crippen molar-refractivity contribution >= 4 is 17.3 Å². The molecule has 2 aliphatic rings. The van der Waals surface area contributed by atoms with Gasteiger partial charge in [-0.05, 0) is 25.8 Å². The van der Waals surface area contributed by atoms with E-state index in [0.29, 0.717) is 5.69 Å². The minimum Gasteiger partial charge on any atom is -0.379 e. The summed E-state index contributed by atoms with van der Waals surface area (Å²) in [7, 11) is 0. The predicted octanol–water partition coefficient (Wildman–Crippen LogP) is 2.89. The Morgan fingerprint density at radius 2 is 2.17 bits per heavy atom. The van der Waals surface area contributed by atoms with Crippen LogP contribution in [-0.2, 0) is 4.79 Å². The van der Waals surface area contributed by atoms with Crippen molar-refractivity contribution in [3.63, 3.8) is 0 Å². The molecular formula is C13H14F2N2O. The summed E-state index contributed by atoms with van der Waals surface area (Å²) in [6, 6.07) is 1.94. The van der Waals surface area contributed by atoms with Crippen LogP contribution in [0.4, 0.5) is 20.2 Å². The Bertz CT molecular complexity index is 532. The second kappa shape index (κ2) is 3.67. The summed E-state index contributed by atoms with van der Waals surface area (Å²) in [4.78, 5) is 12.2. The van der Waals surface area contributed by atoms with Gasteiger partial charge < -0.3 is 10.6 Å². The number of anilines is 2. The molecule has 96 valence electrons. The lowest BCUT2D eigenvalue weighted by Gasteiger charge is -2.27. The first-order valence-corrected chi connectivity index (χ1v) is 6.08. The van der Waals surface area contributed by atoms with Crippen LogP contribution in [0.1, 0.15) is 26.2 Å². The van der Waals surface area contributed by atoms with E-state index in [0.717, 1.165) is 25.3 Å². The van der Waals surface area contributed by atoms with Gasteiger partial charge in [-0.1, -0.05) is 6.42 Å². The van der Waals surface area contributed by atoms with Crippen LogP contribution in [0, 0.1) is 17.0 Å². The van der Waals surface area contributed by atoms with Crippen LogP contribution in [0.2, 0.25) is 0 Å². The summed E-state index contributed by atoms with van der Waals surface area (Å²) >= 11 is 0. The van der Waals surface area contributed by atoms with Crippen LogP contribution >= 0.6 is 0 Å². The summed E-state index contributed by atoms with van der Waals surface area (Å²) < 4.78 is 26.9. The van der Waals surface area contributed by atoms with Crippen molar-refractivity contribution in [1.29, 1.82) is 0 Å². The average Bonchev–Trinajstić information content (AvgIpc) is 2.62. The first kappa shape index (κ1) is 11.4. The molecule has 1 saturated carbocycles. The number of carbonyl (C=O) groups excluding carboxylic acids is 1. The van der Waals surface area contributed by atoms with Gasteiger partial charge in [0.2, 0.25) is 5.91 Å². The summed E-state index contributed by atoms with van der Waals surface area (Å²) in [6.45, 7) is 1.87. The van der Waals surface area contributed by atoms with E-state index in [2.05, 4.69) is 10.6 Å². The van der Waals surface area contributed by atoms with E-state index in [1.54, 1.807) is 0 Å². The molecule has 0 radical (unpaired) electrons. The maximum Gasteiger partial charge on any atom is 0.232 e. The zero-order valence-electron chi connectivity index (χ0n) is 10.0. The van der Waals surface area contributed by atoms with Crippen LogP contribution in [0.3, 0.4) is 0 Å². The quantitative estimate of drug-likeness (QED) is 0.745. The maximum atomic E-state index is 13.7. The molecular weight excluding hydrogens is 238 g/mol. The van der Waals surface area contributed by atoms with E-state index in [-0.39, 0.29) is 17.6 Å². The smallest absolute Gasteiger partial charge is 0.232 e. The molecule has 2 unspecified atom stereocenters. The third kappa shape index (κ3) is 1.50. The number of halogens is 2. The highest BCUT2D eigenvalue weighted by molar-refractivity contribution is 6.00. The molecule has 1 fully saturated rings. The molecule has 1 aliphatic heterocycles. The van der Waals surface area contributed by atoms with Gasteiger partial charge in [-0.3, -0.25) is 4.79 Å². The zero-order valence-corrected chi connectivity index (χ0v) is 10.0. The van der Waals surface area contributed by atoms with Gasteiger partial charge in [0.05, 0.1) is 11.1 Å². The SMILES string of the molecule is CC12CCCC1Nc1cc(F)cc(F)c1NC2=O. The molecule has 1 aromatic rings. The maximum absolute atomic E-state index is 13.7. The number of hydrogen-bond acceptors (Lipinski definition) is 2. The minimum absolute atomic E-state index is 0.0528. The fourth-order valence-electron chi connectivity index (χ4n) is 2.93. The van der Waals surface area contributed by atoms with Crippen molar-refractivity contribution in [1.82, 2.24) is 0 Å². The Kier molecular flexibility index (Phi) is 2.33. The van der Waals surface area contributed by atoms with Gasteiger partial charge in [-0.25, -0.2) is 8.78 Å². The van der Waals surface area contributed by atoms with E-state index < -0.39 is 17.0 Å². The topological polar surface area (TPSA) is 41.1 Å². The number of nitrogens with one attached hydrogen (secondary N) is 2. The average molecular weight is 252 g/mol. The highest BCUT2D eigenvalue weighted by Crippen LogP contribution is 2.44. The Morgan fingerprint density at radius 3 is 2.94 bits per heavy atom. The highest BCUT2D eigenvalue weighted by atomic mass is 19.1. The van der Waals surface area contributed by atoms with E-state index in [9.17, 15) is 13.6 Å². The summed E-state index contributed by atoms with van der Waals surface area (Å²) in [6.07, 6.45) is 2.53. The van der Waals surface area contributed by atoms with Gasteiger partial charge in [0.25, 0.3) is 0 Å². The standard InChI is InChI=1S/C13H14F2N2O/c1-13-4-2-3-10(13)16-9-6-7(14)5-8(15)11(9)17-12(13)18/h5-6,10,16H,2-4H2,1H3,(H,17,18). The molecule has 5 heteroatoms. The second-order valence-electron chi connectivity index (χ2n) is 5.27. The largest absolute Gasteiger partial charge is 0.379 e. The van der Waals surface area contributed by atoms with Crippen molar-refractivity contribution in [2.75, 3.05) is 10.6 Å². The lowest BCUT2D eigenvalue weighted by molar-refractivity contribution is -0.124.